The Bertz CT molecular complexity index is 1280. The number of piperazine rings is 1. The highest BCUT2D eigenvalue weighted by atomic mass is 16.2. The van der Waals surface area contributed by atoms with E-state index in [1.165, 1.54) is 0 Å². The van der Waals surface area contributed by atoms with Crippen molar-refractivity contribution in [2.75, 3.05) is 49.5 Å². The smallest absolute Gasteiger partial charge is 0.255 e. The number of hydrogen-bond acceptors (Lipinski definition) is 6. The fourth-order valence-electron chi connectivity index (χ4n) is 5.35. The van der Waals surface area contributed by atoms with Crippen LogP contribution < -0.4 is 20.9 Å². The van der Waals surface area contributed by atoms with E-state index in [2.05, 4.69) is 38.0 Å². The molecule has 0 bridgehead atoms. The summed E-state index contributed by atoms with van der Waals surface area (Å²) in [7, 11) is 0. The number of carbonyl (C=O) groups excluding carboxylic acids is 2. The van der Waals surface area contributed by atoms with Crippen molar-refractivity contribution in [3.63, 3.8) is 0 Å². The molecule has 0 radical (unpaired) electrons. The van der Waals surface area contributed by atoms with Crippen molar-refractivity contribution in [2.24, 2.45) is 5.92 Å². The number of anilines is 3. The molecule has 2 aliphatic heterocycles. The summed E-state index contributed by atoms with van der Waals surface area (Å²) in [4.78, 5) is 35.1. The number of piperidine rings is 1. The van der Waals surface area contributed by atoms with Gasteiger partial charge in [0, 0.05) is 61.1 Å². The van der Waals surface area contributed by atoms with Gasteiger partial charge in [-0.05, 0) is 69.1 Å². The largest absolute Gasteiger partial charge is 0.368 e. The molecule has 37 heavy (non-hydrogen) atoms. The summed E-state index contributed by atoms with van der Waals surface area (Å²) in [6.07, 6.45) is 5.61. The fourth-order valence-corrected chi connectivity index (χ4v) is 5.35. The van der Waals surface area contributed by atoms with Gasteiger partial charge in [0.25, 0.3) is 5.91 Å². The summed E-state index contributed by atoms with van der Waals surface area (Å²) >= 11 is 0. The van der Waals surface area contributed by atoms with Crippen molar-refractivity contribution in [3.05, 3.63) is 60.3 Å². The Hall–Kier alpha value is -3.65. The number of nitrogens with one attached hydrogen (secondary N) is 3. The third-order valence-corrected chi connectivity index (χ3v) is 7.70. The Morgan fingerprint density at radius 2 is 1.68 bits per heavy atom. The normalized spacial score (nSPS) is 18.6. The molecule has 1 aromatic heterocycles. The van der Waals surface area contributed by atoms with Crippen LogP contribution in [0.15, 0.2) is 54.7 Å². The van der Waals surface area contributed by atoms with E-state index in [0.29, 0.717) is 11.5 Å². The van der Waals surface area contributed by atoms with Crippen LogP contribution >= 0.6 is 0 Å². The lowest BCUT2D eigenvalue weighted by molar-refractivity contribution is -0.136. The Morgan fingerprint density at radius 3 is 2.41 bits per heavy atom. The zero-order valence-electron chi connectivity index (χ0n) is 21.1. The fraction of sp³-hybridized carbons (Fsp3) is 0.414. The van der Waals surface area contributed by atoms with Gasteiger partial charge < -0.3 is 25.8 Å². The third kappa shape index (κ3) is 5.25. The van der Waals surface area contributed by atoms with E-state index in [1.807, 2.05) is 41.3 Å². The number of aromatic nitrogens is 1. The van der Waals surface area contributed by atoms with Crippen molar-refractivity contribution in [1.82, 2.24) is 20.5 Å². The maximum Gasteiger partial charge on any atom is 0.255 e. The van der Waals surface area contributed by atoms with Crippen molar-refractivity contribution in [2.45, 2.75) is 31.7 Å². The maximum atomic E-state index is 13.1. The summed E-state index contributed by atoms with van der Waals surface area (Å²) < 4.78 is 0. The Kier molecular flexibility index (Phi) is 6.66. The van der Waals surface area contributed by atoms with Gasteiger partial charge in [-0.25, -0.2) is 0 Å². The van der Waals surface area contributed by atoms with Crippen LogP contribution in [0.4, 0.5) is 17.1 Å². The van der Waals surface area contributed by atoms with E-state index in [1.54, 1.807) is 6.20 Å². The number of rotatable bonds is 6. The molecule has 3 fully saturated rings. The van der Waals surface area contributed by atoms with Gasteiger partial charge in [-0.2, -0.15) is 0 Å². The van der Waals surface area contributed by atoms with Gasteiger partial charge in [0.05, 0.1) is 16.8 Å². The molecule has 3 N–H and O–H groups in total. The second-order valence-corrected chi connectivity index (χ2v) is 10.3. The lowest BCUT2D eigenvalue weighted by Crippen LogP contribution is -2.51. The van der Waals surface area contributed by atoms with Crippen molar-refractivity contribution >= 4 is 39.8 Å². The molecule has 3 heterocycles. The molecule has 0 spiro atoms. The highest BCUT2D eigenvalue weighted by Gasteiger charge is 2.29. The molecule has 192 valence electrons. The second kappa shape index (κ2) is 10.4. The summed E-state index contributed by atoms with van der Waals surface area (Å²) in [5, 5.41) is 10.9. The van der Waals surface area contributed by atoms with E-state index in [-0.39, 0.29) is 17.9 Å². The molecule has 2 amide bonds. The first-order valence-corrected chi connectivity index (χ1v) is 13.5. The second-order valence-electron chi connectivity index (χ2n) is 10.3. The summed E-state index contributed by atoms with van der Waals surface area (Å²) in [6.45, 7) is 4.91. The number of amides is 2. The molecule has 8 nitrogen and oxygen atoms in total. The predicted octanol–water partition coefficient (Wildman–Crippen LogP) is 3.52. The number of carbonyl (C=O) groups is 2. The molecule has 8 heteroatoms. The van der Waals surface area contributed by atoms with E-state index in [9.17, 15) is 9.59 Å². The van der Waals surface area contributed by atoms with E-state index in [0.717, 1.165) is 92.9 Å². The third-order valence-electron chi connectivity index (χ3n) is 7.70. The van der Waals surface area contributed by atoms with Crippen LogP contribution in [0.2, 0.25) is 0 Å². The minimum Gasteiger partial charge on any atom is -0.368 e. The monoisotopic (exact) mass is 498 g/mol. The van der Waals surface area contributed by atoms with Gasteiger partial charge in [0.15, 0.2) is 0 Å². The predicted molar refractivity (Wildman–Crippen MR) is 146 cm³/mol. The molecular formula is C29H34N6O2. The standard InChI is InChI=1S/C29H34N6O2/c36-28(33-22-6-7-22)25-19-31-26-9-8-23(18-24(26)27(25)32-21-4-2-1-3-5-21)34-14-16-35(17-15-34)29(37)20-10-12-30-13-11-20/h1-5,8-9,18-20,22,30H,6-7,10-17H2,(H,31,32)(H,33,36). The van der Waals surface area contributed by atoms with Crippen LogP contribution in [0, 0.1) is 5.92 Å². The zero-order chi connectivity index (χ0) is 25.2. The zero-order valence-corrected chi connectivity index (χ0v) is 21.1. The molecule has 1 aliphatic carbocycles. The van der Waals surface area contributed by atoms with Gasteiger partial charge in [-0.3, -0.25) is 14.6 Å². The molecule has 0 unspecified atom stereocenters. The van der Waals surface area contributed by atoms with E-state index < -0.39 is 0 Å². The van der Waals surface area contributed by atoms with Gasteiger partial charge >= 0.3 is 0 Å². The topological polar surface area (TPSA) is 89.6 Å². The summed E-state index contributed by atoms with van der Waals surface area (Å²) in [5.41, 5.74) is 4.17. The maximum absolute atomic E-state index is 13.1. The first kappa shape index (κ1) is 23.7. The first-order chi connectivity index (χ1) is 18.2. The number of hydrogen-bond donors (Lipinski definition) is 3. The number of nitrogens with zero attached hydrogens (tertiary/aromatic N) is 3. The molecule has 1 saturated carbocycles. The average Bonchev–Trinajstić information content (AvgIpc) is 3.77. The number of para-hydroxylation sites is 1. The van der Waals surface area contributed by atoms with Crippen LogP contribution in [0.5, 0.6) is 0 Å². The van der Waals surface area contributed by atoms with Crippen LogP contribution in [-0.2, 0) is 4.79 Å². The van der Waals surface area contributed by atoms with Crippen LogP contribution in [0.3, 0.4) is 0 Å². The van der Waals surface area contributed by atoms with E-state index >= 15 is 0 Å². The Labute approximate surface area is 217 Å². The lowest BCUT2D eigenvalue weighted by Gasteiger charge is -2.38. The van der Waals surface area contributed by atoms with Crippen LogP contribution in [0.25, 0.3) is 10.9 Å². The molecule has 6 rings (SSSR count). The minimum absolute atomic E-state index is 0.0919. The van der Waals surface area contributed by atoms with Crippen LogP contribution in [-0.4, -0.2) is 67.0 Å². The first-order valence-electron chi connectivity index (χ1n) is 13.5. The molecular weight excluding hydrogens is 464 g/mol. The summed E-state index contributed by atoms with van der Waals surface area (Å²) in [5.74, 6) is 0.377. The van der Waals surface area contributed by atoms with Gasteiger partial charge in [-0.1, -0.05) is 18.2 Å². The van der Waals surface area contributed by atoms with Gasteiger partial charge in [-0.15, -0.1) is 0 Å². The number of pyridine rings is 1. The van der Waals surface area contributed by atoms with Crippen LogP contribution in [0.1, 0.15) is 36.0 Å². The van der Waals surface area contributed by atoms with Gasteiger partial charge in [0.2, 0.25) is 5.91 Å². The molecule has 2 saturated heterocycles. The molecule has 3 aromatic rings. The quantitative estimate of drug-likeness (QED) is 0.482. The van der Waals surface area contributed by atoms with Gasteiger partial charge in [0.1, 0.15) is 0 Å². The highest BCUT2D eigenvalue weighted by molar-refractivity contribution is 6.08. The lowest BCUT2D eigenvalue weighted by atomic mass is 9.96. The number of fused-ring (bicyclic) bond motifs is 1. The molecule has 3 aliphatic rings. The Morgan fingerprint density at radius 1 is 0.919 bits per heavy atom. The summed E-state index contributed by atoms with van der Waals surface area (Å²) in [6, 6.07) is 16.4. The van der Waals surface area contributed by atoms with E-state index in [4.69, 9.17) is 0 Å². The molecule has 2 aromatic carbocycles. The average molecular weight is 499 g/mol. The van der Waals surface area contributed by atoms with Crippen molar-refractivity contribution < 1.29 is 9.59 Å². The SMILES string of the molecule is O=C(NC1CC1)c1cnc2ccc(N3CCN(C(=O)C4CCNCC4)CC3)cc2c1Nc1ccccc1. The Balaban J connectivity index is 1.26. The highest BCUT2D eigenvalue weighted by Crippen LogP contribution is 2.33. The minimum atomic E-state index is -0.0919. The van der Waals surface area contributed by atoms with Crippen molar-refractivity contribution in [3.8, 4) is 0 Å². The van der Waals surface area contributed by atoms with Crippen molar-refractivity contribution in [1.29, 1.82) is 0 Å². The molecule has 0 atom stereocenters. The number of benzene rings is 2.